The van der Waals surface area contributed by atoms with Crippen molar-refractivity contribution in [3.8, 4) is 5.75 Å². The molecule has 2 nitrogen and oxygen atoms in total. The highest BCUT2D eigenvalue weighted by Crippen LogP contribution is 2.36. The van der Waals surface area contributed by atoms with E-state index < -0.39 is 35.2 Å². The second-order valence-corrected chi connectivity index (χ2v) is 3.42. The van der Waals surface area contributed by atoms with Crippen LogP contribution in [0.1, 0.15) is 11.7 Å². The van der Waals surface area contributed by atoms with Crippen molar-refractivity contribution in [3.05, 3.63) is 28.8 Å². The van der Waals surface area contributed by atoms with E-state index in [9.17, 15) is 22.0 Å². The Morgan fingerprint density at radius 1 is 1.24 bits per heavy atom. The van der Waals surface area contributed by atoms with Crippen LogP contribution in [0.3, 0.4) is 0 Å². The summed E-state index contributed by atoms with van der Waals surface area (Å²) in [7, 11) is 0. The number of rotatable bonds is 3. The van der Waals surface area contributed by atoms with E-state index in [0.29, 0.717) is 0 Å². The zero-order valence-corrected chi connectivity index (χ0v) is 8.77. The molecule has 1 atom stereocenters. The van der Waals surface area contributed by atoms with Gasteiger partial charge in [0, 0.05) is 0 Å². The predicted molar refractivity (Wildman–Crippen MR) is 49.1 cm³/mol. The van der Waals surface area contributed by atoms with Gasteiger partial charge in [0.1, 0.15) is 5.75 Å². The number of hydrogen-bond donors (Lipinski definition) is 1. The Kier molecular flexibility index (Phi) is 4.16. The predicted octanol–water partition coefficient (Wildman–Crippen LogP) is 3.54. The van der Waals surface area contributed by atoms with Crippen LogP contribution in [0.5, 0.6) is 5.75 Å². The van der Waals surface area contributed by atoms with Gasteiger partial charge in [0.15, 0.2) is 6.10 Å². The van der Waals surface area contributed by atoms with E-state index in [1.807, 2.05) is 0 Å². The van der Waals surface area contributed by atoms with E-state index in [0.717, 1.165) is 18.2 Å². The molecule has 8 heteroatoms. The van der Waals surface area contributed by atoms with Gasteiger partial charge < -0.3 is 9.84 Å². The van der Waals surface area contributed by atoms with Gasteiger partial charge in [-0.1, -0.05) is 17.7 Å². The van der Waals surface area contributed by atoms with E-state index >= 15 is 0 Å². The zero-order chi connectivity index (χ0) is 13.2. The first-order chi connectivity index (χ1) is 7.71. The molecule has 0 saturated carbocycles. The largest absolute Gasteiger partial charge is 0.433 e. The van der Waals surface area contributed by atoms with E-state index in [4.69, 9.17) is 16.7 Å². The molecule has 1 rings (SSSR count). The van der Waals surface area contributed by atoms with Gasteiger partial charge in [0.25, 0.3) is 0 Å². The molecule has 1 aromatic carbocycles. The van der Waals surface area contributed by atoms with Gasteiger partial charge in [-0.2, -0.15) is 22.0 Å². The smallest absolute Gasteiger partial charge is 0.418 e. The Bertz CT molecular complexity index is 393. The molecule has 96 valence electrons. The zero-order valence-electron chi connectivity index (χ0n) is 8.01. The van der Waals surface area contributed by atoms with Crippen LogP contribution in [-0.4, -0.2) is 17.9 Å². The molecule has 0 aliphatic heterocycles. The third kappa shape index (κ3) is 3.71. The minimum Gasteiger partial charge on any atom is -0.433 e. The summed E-state index contributed by atoms with van der Waals surface area (Å²) in [6, 6.07) is 2.36. The molecule has 0 radical (unpaired) electrons. The van der Waals surface area contributed by atoms with Crippen LogP contribution in [0.25, 0.3) is 0 Å². The molecule has 0 fully saturated rings. The summed E-state index contributed by atoms with van der Waals surface area (Å²) in [5.41, 5.74) is -0.552. The highest BCUT2D eigenvalue weighted by Gasteiger charge is 2.39. The van der Waals surface area contributed by atoms with E-state index in [1.165, 1.54) is 0 Å². The molecule has 0 bridgehead atoms. The molecule has 17 heavy (non-hydrogen) atoms. The number of hydrogen-bond acceptors (Lipinski definition) is 2. The summed E-state index contributed by atoms with van der Waals surface area (Å²) in [6.45, 7) is -3.13. The molecule has 0 saturated heterocycles. The number of aliphatic hydroxyl groups excluding tert-OH is 1. The normalized spacial score (nSPS) is 13.9. The van der Waals surface area contributed by atoms with Gasteiger partial charge in [-0.3, -0.25) is 0 Å². The summed E-state index contributed by atoms with van der Waals surface area (Å²) in [5.74, 6) is -0.459. The first kappa shape index (κ1) is 14.0. The maximum Gasteiger partial charge on any atom is 0.418 e. The standard InChI is InChI=1S/C9H6ClF5O2/c10-5-3-4(7(16)9(13,14)15)1-2-6(5)17-8(11)12/h1-3,7-8,16H/t7-/m1/s1. The van der Waals surface area contributed by atoms with Crippen LogP contribution in [0.2, 0.25) is 5.02 Å². The molecule has 1 aromatic rings. The molecule has 0 aliphatic rings. The van der Waals surface area contributed by atoms with Crippen LogP contribution >= 0.6 is 11.6 Å². The monoisotopic (exact) mass is 276 g/mol. The summed E-state index contributed by atoms with van der Waals surface area (Å²) in [6.07, 6.45) is -7.57. The molecule has 0 heterocycles. The number of aliphatic hydroxyl groups is 1. The van der Waals surface area contributed by atoms with Crippen molar-refractivity contribution in [2.75, 3.05) is 0 Å². The number of alkyl halides is 5. The molecule has 1 N–H and O–H groups in total. The van der Waals surface area contributed by atoms with Crippen molar-refractivity contribution in [3.63, 3.8) is 0 Å². The van der Waals surface area contributed by atoms with Crippen LogP contribution in [0.4, 0.5) is 22.0 Å². The lowest BCUT2D eigenvalue weighted by Gasteiger charge is -2.16. The fraction of sp³-hybridized carbons (Fsp3) is 0.333. The van der Waals surface area contributed by atoms with Crippen molar-refractivity contribution in [1.82, 2.24) is 0 Å². The lowest BCUT2D eigenvalue weighted by molar-refractivity contribution is -0.206. The minimum absolute atomic E-state index is 0.439. The van der Waals surface area contributed by atoms with Crippen LogP contribution in [-0.2, 0) is 0 Å². The summed E-state index contributed by atoms with van der Waals surface area (Å²) >= 11 is 5.43. The summed E-state index contributed by atoms with van der Waals surface area (Å²) in [5, 5.41) is 8.44. The van der Waals surface area contributed by atoms with Crippen molar-refractivity contribution < 1.29 is 31.8 Å². The Morgan fingerprint density at radius 2 is 1.82 bits per heavy atom. The maximum absolute atomic E-state index is 12.1. The molecule has 0 aromatic heterocycles. The molecule has 0 spiro atoms. The van der Waals surface area contributed by atoms with Crippen molar-refractivity contribution in [1.29, 1.82) is 0 Å². The first-order valence-corrected chi connectivity index (χ1v) is 4.58. The Balaban J connectivity index is 2.96. The highest BCUT2D eigenvalue weighted by molar-refractivity contribution is 6.32. The van der Waals surface area contributed by atoms with Gasteiger partial charge in [-0.25, -0.2) is 0 Å². The SMILES string of the molecule is O[C@H](c1ccc(OC(F)F)c(Cl)c1)C(F)(F)F. The molecule has 0 unspecified atom stereocenters. The van der Waals surface area contributed by atoms with Gasteiger partial charge in [0.2, 0.25) is 0 Å². The second kappa shape index (κ2) is 5.05. The number of ether oxygens (including phenoxy) is 1. The maximum atomic E-state index is 12.1. The van der Waals surface area contributed by atoms with Gasteiger partial charge in [0.05, 0.1) is 5.02 Å². The van der Waals surface area contributed by atoms with Gasteiger partial charge >= 0.3 is 12.8 Å². The lowest BCUT2D eigenvalue weighted by Crippen LogP contribution is -2.20. The molecular weight excluding hydrogens is 271 g/mol. The van der Waals surface area contributed by atoms with Crippen molar-refractivity contribution >= 4 is 11.6 Å². The number of halogens is 6. The van der Waals surface area contributed by atoms with E-state index in [1.54, 1.807) is 0 Å². The van der Waals surface area contributed by atoms with Crippen molar-refractivity contribution in [2.45, 2.75) is 18.9 Å². The second-order valence-electron chi connectivity index (χ2n) is 3.01. The fourth-order valence-electron chi connectivity index (χ4n) is 1.07. The first-order valence-electron chi connectivity index (χ1n) is 4.21. The van der Waals surface area contributed by atoms with Crippen LogP contribution in [0, 0.1) is 0 Å². The summed E-state index contributed by atoms with van der Waals surface area (Å²) in [4.78, 5) is 0. The topological polar surface area (TPSA) is 29.5 Å². The minimum atomic E-state index is -4.85. The van der Waals surface area contributed by atoms with Crippen LogP contribution in [0.15, 0.2) is 18.2 Å². The Morgan fingerprint density at radius 3 is 2.24 bits per heavy atom. The highest BCUT2D eigenvalue weighted by atomic mass is 35.5. The van der Waals surface area contributed by atoms with Gasteiger partial charge in [-0.15, -0.1) is 0 Å². The van der Waals surface area contributed by atoms with E-state index in [-0.39, 0.29) is 0 Å². The van der Waals surface area contributed by atoms with E-state index in [2.05, 4.69) is 4.74 Å². The Hall–Kier alpha value is -1.08. The lowest BCUT2D eigenvalue weighted by atomic mass is 10.1. The third-order valence-corrected chi connectivity index (χ3v) is 2.09. The average Bonchev–Trinajstić information content (AvgIpc) is 2.18. The molecule has 0 aliphatic carbocycles. The third-order valence-electron chi connectivity index (χ3n) is 1.80. The summed E-state index contributed by atoms with van der Waals surface area (Å²) < 4.78 is 64.0. The Labute approximate surface area is 97.6 Å². The average molecular weight is 277 g/mol. The quantitative estimate of drug-likeness (QED) is 0.856. The molecule has 0 amide bonds. The van der Waals surface area contributed by atoms with Crippen LogP contribution < -0.4 is 4.74 Å². The fourth-order valence-corrected chi connectivity index (χ4v) is 1.30. The van der Waals surface area contributed by atoms with Gasteiger partial charge in [-0.05, 0) is 17.7 Å². The number of benzene rings is 1. The van der Waals surface area contributed by atoms with Crippen molar-refractivity contribution in [2.24, 2.45) is 0 Å². The molecular formula is C9H6ClF5O2.